The maximum absolute atomic E-state index is 6.13. The number of hydrogen-bond donors (Lipinski definition) is 2. The number of fused-ring (bicyclic) bond motifs is 1. The molecule has 0 aliphatic heterocycles. The minimum atomic E-state index is -0.245. The van der Waals surface area contributed by atoms with Gasteiger partial charge in [0.2, 0.25) is 0 Å². The molecule has 0 bridgehead atoms. The van der Waals surface area contributed by atoms with Gasteiger partial charge in [0.1, 0.15) is 5.82 Å². The number of anilines is 1. The quantitative estimate of drug-likeness (QED) is 0.750. The van der Waals surface area contributed by atoms with Gasteiger partial charge in [-0.1, -0.05) is 0 Å². The van der Waals surface area contributed by atoms with Gasteiger partial charge in [-0.3, -0.25) is 9.97 Å². The van der Waals surface area contributed by atoms with Gasteiger partial charge in [-0.05, 0) is 45.4 Å². The van der Waals surface area contributed by atoms with Crippen LogP contribution in [0.2, 0.25) is 0 Å². The number of nitrogens with two attached hydrogens (primary N) is 1. The van der Waals surface area contributed by atoms with Crippen molar-refractivity contribution in [3.63, 3.8) is 0 Å². The van der Waals surface area contributed by atoms with E-state index in [1.807, 2.05) is 32.0 Å². The van der Waals surface area contributed by atoms with Crippen LogP contribution in [0.1, 0.15) is 27.2 Å². The van der Waals surface area contributed by atoms with Crippen LogP contribution in [-0.2, 0) is 0 Å². The molecule has 0 aliphatic rings. The molecule has 0 amide bonds. The molecule has 0 fully saturated rings. The lowest BCUT2D eigenvalue weighted by molar-refractivity contribution is 0.448. The monoisotopic (exact) mass is 322 g/mol. The van der Waals surface area contributed by atoms with Crippen LogP contribution in [0.5, 0.6) is 0 Å². The third-order valence-electron chi connectivity index (χ3n) is 3.65. The molecule has 1 atom stereocenters. The molecule has 6 nitrogen and oxygen atoms in total. The fourth-order valence-corrected chi connectivity index (χ4v) is 2.79. The maximum atomic E-state index is 6.13. The highest BCUT2D eigenvalue weighted by Gasteiger charge is 2.17. The largest absolute Gasteiger partial charge is 0.367 e. The fraction of sp³-hybridized carbons (Fsp3) is 0.333. The van der Waals surface area contributed by atoms with Crippen molar-refractivity contribution in [1.82, 2.24) is 19.9 Å². The molecule has 0 radical (unpaired) electrons. The topological polar surface area (TPSA) is 89.6 Å². The Balaban J connectivity index is 2.02. The number of nitrogens with zero attached hydrogens (tertiary/aromatic N) is 4. The zero-order chi connectivity index (χ0) is 17.2. The van der Waals surface area contributed by atoms with Gasteiger partial charge < -0.3 is 11.1 Å². The summed E-state index contributed by atoms with van der Waals surface area (Å²) in [4.78, 5) is 17.6. The second kappa shape index (κ2) is 6.49. The predicted molar refractivity (Wildman–Crippen MR) is 96.5 cm³/mol. The molecule has 3 heterocycles. The first-order valence-electron chi connectivity index (χ1n) is 8.00. The zero-order valence-electron chi connectivity index (χ0n) is 14.2. The summed E-state index contributed by atoms with van der Waals surface area (Å²) in [6.45, 7) is 6.15. The van der Waals surface area contributed by atoms with E-state index < -0.39 is 0 Å². The average Bonchev–Trinajstić information content (AvgIpc) is 2.54. The highest BCUT2D eigenvalue weighted by molar-refractivity contribution is 5.90. The van der Waals surface area contributed by atoms with Gasteiger partial charge in [0.05, 0.1) is 11.7 Å². The Morgan fingerprint density at radius 2 is 1.79 bits per heavy atom. The Morgan fingerprint density at radius 1 is 1.08 bits per heavy atom. The van der Waals surface area contributed by atoms with Crippen molar-refractivity contribution in [2.75, 3.05) is 5.32 Å². The number of hydrogen-bond acceptors (Lipinski definition) is 6. The minimum absolute atomic E-state index is 0.182. The lowest BCUT2D eigenvalue weighted by atomic mass is 9.97. The molecule has 3 rings (SSSR count). The highest BCUT2D eigenvalue weighted by Crippen LogP contribution is 2.25. The van der Waals surface area contributed by atoms with Crippen molar-refractivity contribution in [2.45, 2.75) is 38.8 Å². The van der Waals surface area contributed by atoms with Gasteiger partial charge >= 0.3 is 0 Å². The standard InChI is InChI=1S/C18H22N6/c1-12(10-18(2,3)19)22-17-14-6-9-21-11-15(14)23-16(24-17)13-4-7-20-8-5-13/h4-9,11-12H,10,19H2,1-3H3,(H,22,23,24). The molecule has 3 N–H and O–H groups in total. The van der Waals surface area contributed by atoms with Crippen LogP contribution in [-0.4, -0.2) is 31.5 Å². The molecule has 0 saturated carbocycles. The molecule has 0 aliphatic carbocycles. The second-order valence-electron chi connectivity index (χ2n) is 6.76. The van der Waals surface area contributed by atoms with Crippen LogP contribution >= 0.6 is 0 Å². The first kappa shape index (κ1) is 16.3. The van der Waals surface area contributed by atoms with E-state index in [1.54, 1.807) is 24.8 Å². The molecule has 24 heavy (non-hydrogen) atoms. The van der Waals surface area contributed by atoms with E-state index in [0.717, 1.165) is 28.7 Å². The van der Waals surface area contributed by atoms with Gasteiger partial charge in [0, 0.05) is 41.1 Å². The minimum Gasteiger partial charge on any atom is -0.367 e. The van der Waals surface area contributed by atoms with Crippen LogP contribution < -0.4 is 11.1 Å². The Hall–Kier alpha value is -2.60. The van der Waals surface area contributed by atoms with E-state index in [2.05, 4.69) is 27.2 Å². The second-order valence-corrected chi connectivity index (χ2v) is 6.76. The van der Waals surface area contributed by atoms with Crippen molar-refractivity contribution in [3.05, 3.63) is 43.0 Å². The van der Waals surface area contributed by atoms with Crippen LogP contribution in [0, 0.1) is 0 Å². The summed E-state index contributed by atoms with van der Waals surface area (Å²) in [6.07, 6.45) is 7.80. The molecular weight excluding hydrogens is 300 g/mol. The lowest BCUT2D eigenvalue weighted by Gasteiger charge is -2.25. The summed E-state index contributed by atoms with van der Waals surface area (Å²) < 4.78 is 0. The summed E-state index contributed by atoms with van der Waals surface area (Å²) in [6, 6.07) is 5.90. The predicted octanol–water partition coefficient (Wildman–Crippen LogP) is 3.01. The molecular formula is C18H22N6. The Kier molecular flexibility index (Phi) is 4.40. The normalized spacial score (nSPS) is 13.0. The average molecular weight is 322 g/mol. The van der Waals surface area contributed by atoms with Gasteiger partial charge in [-0.2, -0.15) is 0 Å². The smallest absolute Gasteiger partial charge is 0.162 e. The summed E-state index contributed by atoms with van der Waals surface area (Å²) in [7, 11) is 0. The number of pyridine rings is 2. The number of rotatable bonds is 5. The Bertz CT molecular complexity index is 826. The fourth-order valence-electron chi connectivity index (χ4n) is 2.79. The molecule has 3 aromatic heterocycles. The van der Waals surface area contributed by atoms with E-state index in [-0.39, 0.29) is 11.6 Å². The van der Waals surface area contributed by atoms with Gasteiger partial charge in [0.15, 0.2) is 5.82 Å². The van der Waals surface area contributed by atoms with Crippen molar-refractivity contribution < 1.29 is 0 Å². The third kappa shape index (κ3) is 3.83. The third-order valence-corrected chi connectivity index (χ3v) is 3.65. The summed E-state index contributed by atoms with van der Waals surface area (Å²) in [5.41, 5.74) is 7.62. The molecule has 0 saturated heterocycles. The van der Waals surface area contributed by atoms with Crippen molar-refractivity contribution >= 4 is 16.7 Å². The molecule has 0 spiro atoms. The maximum Gasteiger partial charge on any atom is 0.162 e. The van der Waals surface area contributed by atoms with E-state index in [1.165, 1.54) is 0 Å². The molecule has 1 unspecified atom stereocenters. The Morgan fingerprint density at radius 3 is 2.50 bits per heavy atom. The van der Waals surface area contributed by atoms with Crippen LogP contribution in [0.15, 0.2) is 43.0 Å². The highest BCUT2D eigenvalue weighted by atomic mass is 15.1. The van der Waals surface area contributed by atoms with Gasteiger partial charge in [-0.25, -0.2) is 9.97 Å². The van der Waals surface area contributed by atoms with Gasteiger partial charge in [-0.15, -0.1) is 0 Å². The molecule has 3 aromatic rings. The van der Waals surface area contributed by atoms with E-state index in [4.69, 9.17) is 10.7 Å². The van der Waals surface area contributed by atoms with Crippen LogP contribution in [0.25, 0.3) is 22.3 Å². The van der Waals surface area contributed by atoms with E-state index >= 15 is 0 Å². The van der Waals surface area contributed by atoms with Gasteiger partial charge in [0.25, 0.3) is 0 Å². The zero-order valence-corrected chi connectivity index (χ0v) is 14.2. The van der Waals surface area contributed by atoms with Crippen molar-refractivity contribution in [2.24, 2.45) is 5.73 Å². The van der Waals surface area contributed by atoms with Crippen LogP contribution in [0.3, 0.4) is 0 Å². The molecule has 6 heteroatoms. The van der Waals surface area contributed by atoms with E-state index in [9.17, 15) is 0 Å². The number of nitrogens with one attached hydrogen (secondary N) is 1. The van der Waals surface area contributed by atoms with Crippen molar-refractivity contribution in [1.29, 1.82) is 0 Å². The molecule has 124 valence electrons. The first-order valence-corrected chi connectivity index (χ1v) is 8.00. The van der Waals surface area contributed by atoms with Crippen molar-refractivity contribution in [3.8, 4) is 11.4 Å². The summed E-state index contributed by atoms with van der Waals surface area (Å²) in [5.74, 6) is 1.45. The summed E-state index contributed by atoms with van der Waals surface area (Å²) in [5, 5.41) is 4.43. The lowest BCUT2D eigenvalue weighted by Crippen LogP contribution is -2.37. The SMILES string of the molecule is CC(CC(C)(C)N)Nc1nc(-c2ccncc2)nc2cnccc12. The Labute approximate surface area is 141 Å². The first-order chi connectivity index (χ1) is 11.4. The van der Waals surface area contributed by atoms with Crippen LogP contribution in [0.4, 0.5) is 5.82 Å². The van der Waals surface area contributed by atoms with E-state index in [0.29, 0.717) is 5.82 Å². The number of aromatic nitrogens is 4. The summed E-state index contributed by atoms with van der Waals surface area (Å²) >= 11 is 0. The molecule has 0 aromatic carbocycles.